The molecule has 4 atom stereocenters. The molecule has 0 bridgehead atoms. The Kier molecular flexibility index (Phi) is 6.28. The van der Waals surface area contributed by atoms with E-state index < -0.39 is 0 Å². The van der Waals surface area contributed by atoms with E-state index in [0.717, 1.165) is 31.6 Å². The molecule has 6 heteroatoms. The van der Waals surface area contributed by atoms with Gasteiger partial charge < -0.3 is 14.8 Å². The van der Waals surface area contributed by atoms with Gasteiger partial charge in [-0.05, 0) is 36.4 Å². The van der Waals surface area contributed by atoms with E-state index in [1.807, 2.05) is 50.2 Å². The Balaban J connectivity index is 2.08. The average molecular weight is 497 g/mol. The van der Waals surface area contributed by atoms with Crippen LogP contribution in [0.5, 0.6) is 11.5 Å². The topological polar surface area (TPSA) is 47.6 Å². The van der Waals surface area contributed by atoms with Gasteiger partial charge in [0.15, 0.2) is 0 Å². The van der Waals surface area contributed by atoms with Crippen molar-refractivity contribution in [3.8, 4) is 11.5 Å². The first-order valence-corrected chi connectivity index (χ1v) is 10.4. The number of Topliss-reactive ketones (excluding diaryl/α,β-unsaturated/α-hetero) is 1. The Hall–Kier alpha value is -1.37. The average Bonchev–Trinajstić information content (AvgIpc) is 2.66. The van der Waals surface area contributed by atoms with Gasteiger partial charge in [-0.2, -0.15) is 0 Å². The largest absolute Gasteiger partial charge is 0.496 e. The molecule has 2 aromatic carbocycles. The van der Waals surface area contributed by atoms with Gasteiger partial charge in [0.05, 0.1) is 14.2 Å². The first kappa shape index (κ1) is 20.4. The van der Waals surface area contributed by atoms with Crippen LogP contribution in [-0.2, 0) is 4.79 Å². The number of ether oxygens (including phenoxy) is 2. The smallest absolute Gasteiger partial charge is 0.142 e. The number of carbonyl (C=O) groups excluding carboxylic acids is 1. The molecule has 3 rings (SSSR count). The molecule has 0 spiro atoms. The minimum absolute atomic E-state index is 0.158. The molecule has 1 N–H and O–H groups in total. The minimum Gasteiger partial charge on any atom is -0.496 e. The fraction of sp³-hybridized carbons (Fsp3) is 0.381. The van der Waals surface area contributed by atoms with Crippen LogP contribution in [0.2, 0.25) is 0 Å². The third-order valence-electron chi connectivity index (χ3n) is 5.31. The molecule has 1 fully saturated rings. The monoisotopic (exact) mass is 495 g/mol. The molecule has 0 aromatic heterocycles. The van der Waals surface area contributed by atoms with E-state index in [1.54, 1.807) is 14.2 Å². The second-order valence-corrected chi connectivity index (χ2v) is 8.71. The number of nitrogens with one attached hydrogen (secondary N) is 1. The maximum absolute atomic E-state index is 13.1. The van der Waals surface area contributed by atoms with Gasteiger partial charge in [-0.25, -0.2) is 0 Å². The summed E-state index contributed by atoms with van der Waals surface area (Å²) in [6.45, 7) is 3.95. The molecule has 0 aliphatic carbocycles. The summed E-state index contributed by atoms with van der Waals surface area (Å²) in [5.41, 5.74) is 1.94. The maximum atomic E-state index is 13.1. The molecule has 0 radical (unpaired) electrons. The van der Waals surface area contributed by atoms with Crippen LogP contribution >= 0.6 is 31.9 Å². The molecule has 1 saturated heterocycles. The summed E-state index contributed by atoms with van der Waals surface area (Å²) in [4.78, 5) is 13.1. The fourth-order valence-electron chi connectivity index (χ4n) is 3.84. The lowest BCUT2D eigenvalue weighted by molar-refractivity contribution is -0.130. The summed E-state index contributed by atoms with van der Waals surface area (Å²) in [6.07, 6.45) is 0. The van der Waals surface area contributed by atoms with Crippen molar-refractivity contribution in [1.82, 2.24) is 5.32 Å². The van der Waals surface area contributed by atoms with Crippen LogP contribution in [0.4, 0.5) is 0 Å². The number of ketones is 1. The van der Waals surface area contributed by atoms with E-state index >= 15 is 0 Å². The fourth-order valence-corrected chi connectivity index (χ4v) is 4.60. The van der Waals surface area contributed by atoms with Gasteiger partial charge in [0.2, 0.25) is 0 Å². The number of methoxy groups -OCH3 is 2. The van der Waals surface area contributed by atoms with E-state index in [9.17, 15) is 4.79 Å². The summed E-state index contributed by atoms with van der Waals surface area (Å²) in [7, 11) is 3.30. The second kappa shape index (κ2) is 8.33. The van der Waals surface area contributed by atoms with Crippen molar-refractivity contribution in [2.75, 3.05) is 14.2 Å². The summed E-state index contributed by atoms with van der Waals surface area (Å²) in [6, 6.07) is 11.4. The molecule has 0 saturated carbocycles. The lowest BCUT2D eigenvalue weighted by Crippen LogP contribution is -2.46. The Labute approximate surface area is 176 Å². The van der Waals surface area contributed by atoms with Crippen LogP contribution in [-0.4, -0.2) is 20.0 Å². The molecule has 0 unspecified atom stereocenters. The molecular formula is C21H23Br2NO3. The van der Waals surface area contributed by atoms with Crippen molar-refractivity contribution in [3.63, 3.8) is 0 Å². The van der Waals surface area contributed by atoms with Crippen molar-refractivity contribution >= 4 is 37.6 Å². The Morgan fingerprint density at radius 3 is 1.59 bits per heavy atom. The summed E-state index contributed by atoms with van der Waals surface area (Å²) in [5, 5.41) is 3.70. The lowest BCUT2D eigenvalue weighted by atomic mass is 9.76. The molecule has 144 valence electrons. The van der Waals surface area contributed by atoms with Crippen molar-refractivity contribution < 1.29 is 14.3 Å². The number of halogens is 2. The van der Waals surface area contributed by atoms with E-state index in [-0.39, 0.29) is 29.7 Å². The molecule has 4 nitrogen and oxygen atoms in total. The SMILES string of the molecule is COc1ccc(Br)cc1[C@H]1N[C@@H](c2cc(Br)ccc2OC)[C@@H](C)C(=O)[C@@H]1C. The van der Waals surface area contributed by atoms with Gasteiger partial charge in [0.25, 0.3) is 0 Å². The van der Waals surface area contributed by atoms with Crippen molar-refractivity contribution in [2.45, 2.75) is 25.9 Å². The predicted octanol–water partition coefficient (Wildman–Crippen LogP) is 5.46. The van der Waals surface area contributed by atoms with Crippen molar-refractivity contribution in [3.05, 3.63) is 56.5 Å². The highest BCUT2D eigenvalue weighted by Crippen LogP contribution is 2.43. The molecule has 27 heavy (non-hydrogen) atoms. The Morgan fingerprint density at radius 1 is 0.815 bits per heavy atom. The van der Waals surface area contributed by atoms with Crippen molar-refractivity contribution in [2.24, 2.45) is 11.8 Å². The molecule has 1 aliphatic heterocycles. The first-order valence-electron chi connectivity index (χ1n) is 8.84. The predicted molar refractivity (Wildman–Crippen MR) is 113 cm³/mol. The highest BCUT2D eigenvalue weighted by atomic mass is 79.9. The zero-order valence-electron chi connectivity index (χ0n) is 15.8. The summed E-state index contributed by atoms with van der Waals surface area (Å²) in [5.74, 6) is 1.43. The molecule has 0 amide bonds. The quantitative estimate of drug-likeness (QED) is 0.610. The van der Waals surface area contributed by atoms with Gasteiger partial charge in [0.1, 0.15) is 17.3 Å². The normalized spacial score (nSPS) is 25.3. The van der Waals surface area contributed by atoms with Gasteiger partial charge in [-0.1, -0.05) is 45.7 Å². The third kappa shape index (κ3) is 3.93. The van der Waals surface area contributed by atoms with Gasteiger partial charge >= 0.3 is 0 Å². The van der Waals surface area contributed by atoms with Gasteiger partial charge in [-0.3, -0.25) is 4.79 Å². The minimum atomic E-state index is -0.169. The van der Waals surface area contributed by atoms with Crippen LogP contribution < -0.4 is 14.8 Å². The molecule has 1 heterocycles. The van der Waals surface area contributed by atoms with E-state index in [4.69, 9.17) is 9.47 Å². The highest BCUT2D eigenvalue weighted by molar-refractivity contribution is 9.10. The second-order valence-electron chi connectivity index (χ2n) is 6.87. The van der Waals surface area contributed by atoms with E-state index in [2.05, 4.69) is 37.2 Å². The Bertz CT molecular complexity index is 788. The Morgan fingerprint density at radius 2 is 1.22 bits per heavy atom. The number of hydrogen-bond donors (Lipinski definition) is 1. The van der Waals surface area contributed by atoms with Crippen molar-refractivity contribution in [1.29, 1.82) is 0 Å². The number of piperidine rings is 1. The van der Waals surface area contributed by atoms with Crippen LogP contribution in [0.25, 0.3) is 0 Å². The maximum Gasteiger partial charge on any atom is 0.142 e. The van der Waals surface area contributed by atoms with Gasteiger partial charge in [0, 0.05) is 44.0 Å². The molecule has 2 aromatic rings. The van der Waals surface area contributed by atoms with E-state index in [0.29, 0.717) is 0 Å². The van der Waals surface area contributed by atoms with Crippen LogP contribution in [0.1, 0.15) is 37.1 Å². The number of carbonyl (C=O) groups is 1. The summed E-state index contributed by atoms with van der Waals surface area (Å²) < 4.78 is 13.0. The van der Waals surface area contributed by atoms with Crippen LogP contribution in [0.15, 0.2) is 45.3 Å². The number of benzene rings is 2. The number of rotatable bonds is 4. The first-order chi connectivity index (χ1) is 12.9. The van der Waals surface area contributed by atoms with Crippen LogP contribution in [0.3, 0.4) is 0 Å². The highest BCUT2D eigenvalue weighted by Gasteiger charge is 2.42. The molecular weight excluding hydrogens is 474 g/mol. The van der Waals surface area contributed by atoms with Gasteiger partial charge in [-0.15, -0.1) is 0 Å². The zero-order chi connectivity index (χ0) is 19.7. The third-order valence-corrected chi connectivity index (χ3v) is 6.30. The van der Waals surface area contributed by atoms with Crippen LogP contribution in [0, 0.1) is 11.8 Å². The standard InChI is InChI=1S/C21H23Br2NO3/c1-11-19(15-9-13(22)5-7-17(15)26-3)24-20(12(2)21(11)25)16-10-14(23)6-8-18(16)27-4/h5-12,19-20,24H,1-4H3/t11-,12-,19-,20+/m1/s1. The van der Waals surface area contributed by atoms with E-state index in [1.165, 1.54) is 0 Å². The zero-order valence-corrected chi connectivity index (χ0v) is 18.9. The number of hydrogen-bond acceptors (Lipinski definition) is 4. The lowest BCUT2D eigenvalue weighted by Gasteiger charge is -2.40. The molecule has 1 aliphatic rings. The summed E-state index contributed by atoms with van der Waals surface area (Å²) >= 11 is 7.07.